The van der Waals surface area contributed by atoms with Crippen molar-refractivity contribution < 1.29 is 0 Å². The van der Waals surface area contributed by atoms with Crippen LogP contribution in [0, 0.1) is 0 Å². The minimum Gasteiger partial charge on any atom is -0.311 e. The van der Waals surface area contributed by atoms with Crippen LogP contribution in [-0.4, -0.2) is 12.6 Å². The largest absolute Gasteiger partial charge is 0.311 e. The third kappa shape index (κ3) is 1.66. The lowest BCUT2D eigenvalue weighted by Gasteiger charge is -1.95. The van der Waals surface area contributed by atoms with Gasteiger partial charge in [-0.1, -0.05) is 19.1 Å². The summed E-state index contributed by atoms with van der Waals surface area (Å²) in [5.74, 6) is 0. The highest BCUT2D eigenvalue weighted by molar-refractivity contribution is 5.01. The summed E-state index contributed by atoms with van der Waals surface area (Å²) in [6.45, 7) is 7.28. The average molecular weight is 111 g/mol. The molecule has 1 saturated heterocycles. The van der Waals surface area contributed by atoms with Crippen molar-refractivity contribution in [3.05, 3.63) is 12.2 Å². The van der Waals surface area contributed by atoms with E-state index in [-0.39, 0.29) is 0 Å². The normalized spacial score (nSPS) is 25.4. The molecule has 46 valence electrons. The summed E-state index contributed by atoms with van der Waals surface area (Å²) in [5.41, 5.74) is 1.38. The zero-order chi connectivity index (χ0) is 5.98. The zero-order valence-electron chi connectivity index (χ0n) is 5.41. The molecule has 1 heterocycles. The van der Waals surface area contributed by atoms with Gasteiger partial charge in [0.05, 0.1) is 0 Å². The summed E-state index contributed by atoms with van der Waals surface area (Å²) < 4.78 is 0. The highest BCUT2D eigenvalue weighted by atomic mass is 15.1. The van der Waals surface area contributed by atoms with E-state index >= 15 is 0 Å². The van der Waals surface area contributed by atoms with E-state index in [9.17, 15) is 0 Å². The Morgan fingerprint density at radius 1 is 1.88 bits per heavy atom. The molecular formula is C7H13N. The van der Waals surface area contributed by atoms with Crippen molar-refractivity contribution in [2.45, 2.75) is 25.8 Å². The van der Waals surface area contributed by atoms with Crippen LogP contribution < -0.4 is 5.32 Å². The third-order valence-electron chi connectivity index (χ3n) is 1.53. The lowest BCUT2D eigenvalue weighted by atomic mass is 10.1. The predicted molar refractivity (Wildman–Crippen MR) is 35.8 cm³/mol. The van der Waals surface area contributed by atoms with Crippen molar-refractivity contribution in [3.8, 4) is 0 Å². The molecular weight excluding hydrogens is 98.1 g/mol. The molecule has 0 spiro atoms. The van der Waals surface area contributed by atoms with E-state index < -0.39 is 0 Å². The molecule has 0 amide bonds. The van der Waals surface area contributed by atoms with Gasteiger partial charge in [-0.2, -0.15) is 0 Å². The van der Waals surface area contributed by atoms with Crippen LogP contribution in [0.1, 0.15) is 19.8 Å². The Kier molecular flexibility index (Phi) is 1.69. The van der Waals surface area contributed by atoms with Crippen molar-refractivity contribution in [2.24, 2.45) is 0 Å². The van der Waals surface area contributed by atoms with Gasteiger partial charge in [0.2, 0.25) is 0 Å². The Labute approximate surface area is 50.8 Å². The summed E-state index contributed by atoms with van der Waals surface area (Å²) in [5, 5.41) is 3.24. The second kappa shape index (κ2) is 2.31. The SMILES string of the molecule is C=C(CC)CC1CN1. The van der Waals surface area contributed by atoms with E-state index in [1.807, 2.05) is 0 Å². The molecule has 1 aliphatic heterocycles. The summed E-state index contributed by atoms with van der Waals surface area (Å²) in [4.78, 5) is 0. The van der Waals surface area contributed by atoms with Gasteiger partial charge in [0.1, 0.15) is 0 Å². The molecule has 0 aromatic heterocycles. The topological polar surface area (TPSA) is 21.9 Å². The molecule has 1 rings (SSSR count). The van der Waals surface area contributed by atoms with Gasteiger partial charge in [0.25, 0.3) is 0 Å². The van der Waals surface area contributed by atoms with Gasteiger partial charge < -0.3 is 5.32 Å². The van der Waals surface area contributed by atoms with Crippen LogP contribution in [0.4, 0.5) is 0 Å². The molecule has 0 radical (unpaired) electrons. The standard InChI is InChI=1S/C7H13N/c1-3-6(2)4-7-5-8-7/h7-8H,2-5H2,1H3. The van der Waals surface area contributed by atoms with Gasteiger partial charge in [-0.15, -0.1) is 0 Å². The van der Waals surface area contributed by atoms with Crippen LogP contribution in [0.5, 0.6) is 0 Å². The Bertz CT molecular complexity index is 92.6. The summed E-state index contributed by atoms with van der Waals surface area (Å²) in [6, 6.07) is 0.780. The Hall–Kier alpha value is -0.300. The van der Waals surface area contributed by atoms with Gasteiger partial charge >= 0.3 is 0 Å². The average Bonchev–Trinajstić information content (AvgIpc) is 2.50. The molecule has 0 aromatic carbocycles. The maximum atomic E-state index is 3.91. The summed E-state index contributed by atoms with van der Waals surface area (Å²) in [6.07, 6.45) is 2.33. The first kappa shape index (κ1) is 5.83. The first-order valence-corrected chi connectivity index (χ1v) is 3.23. The molecule has 1 atom stereocenters. The van der Waals surface area contributed by atoms with Gasteiger partial charge in [-0.05, 0) is 12.8 Å². The van der Waals surface area contributed by atoms with E-state index in [0.29, 0.717) is 0 Å². The van der Waals surface area contributed by atoms with Crippen LogP contribution in [0.15, 0.2) is 12.2 Å². The monoisotopic (exact) mass is 111 g/mol. The van der Waals surface area contributed by atoms with E-state index in [4.69, 9.17) is 0 Å². The minimum atomic E-state index is 0.780. The Morgan fingerprint density at radius 3 is 2.88 bits per heavy atom. The molecule has 0 aromatic rings. The van der Waals surface area contributed by atoms with Gasteiger partial charge in [-0.3, -0.25) is 0 Å². The van der Waals surface area contributed by atoms with Crippen LogP contribution in [0.2, 0.25) is 0 Å². The fraction of sp³-hybridized carbons (Fsp3) is 0.714. The lowest BCUT2D eigenvalue weighted by molar-refractivity contribution is 0.870. The Balaban J connectivity index is 2.07. The Morgan fingerprint density at radius 2 is 2.50 bits per heavy atom. The molecule has 1 nitrogen and oxygen atoms in total. The van der Waals surface area contributed by atoms with Gasteiger partial charge in [0, 0.05) is 12.6 Å². The first-order chi connectivity index (χ1) is 3.83. The van der Waals surface area contributed by atoms with Crippen LogP contribution in [0.25, 0.3) is 0 Å². The zero-order valence-corrected chi connectivity index (χ0v) is 5.41. The molecule has 1 fully saturated rings. The van der Waals surface area contributed by atoms with Crippen LogP contribution >= 0.6 is 0 Å². The lowest BCUT2D eigenvalue weighted by Crippen LogP contribution is -1.90. The van der Waals surface area contributed by atoms with Gasteiger partial charge in [-0.25, -0.2) is 0 Å². The van der Waals surface area contributed by atoms with Crippen molar-refractivity contribution in [2.75, 3.05) is 6.54 Å². The van der Waals surface area contributed by atoms with E-state index in [2.05, 4.69) is 18.8 Å². The van der Waals surface area contributed by atoms with Crippen molar-refractivity contribution in [1.29, 1.82) is 0 Å². The highest BCUT2D eigenvalue weighted by Crippen LogP contribution is 2.11. The summed E-state index contributed by atoms with van der Waals surface area (Å²) >= 11 is 0. The number of hydrogen-bond acceptors (Lipinski definition) is 1. The summed E-state index contributed by atoms with van der Waals surface area (Å²) in [7, 11) is 0. The van der Waals surface area contributed by atoms with E-state index in [0.717, 1.165) is 12.5 Å². The highest BCUT2D eigenvalue weighted by Gasteiger charge is 2.19. The maximum Gasteiger partial charge on any atom is 0.0230 e. The van der Waals surface area contributed by atoms with Crippen molar-refractivity contribution in [3.63, 3.8) is 0 Å². The quantitative estimate of drug-likeness (QED) is 0.430. The molecule has 0 aliphatic carbocycles. The number of hydrogen-bond donors (Lipinski definition) is 1. The smallest absolute Gasteiger partial charge is 0.0230 e. The molecule has 1 aliphatic rings. The van der Waals surface area contributed by atoms with E-state index in [1.54, 1.807) is 0 Å². The molecule has 8 heavy (non-hydrogen) atoms. The predicted octanol–water partition coefficient (Wildman–Crippen LogP) is 1.31. The molecule has 1 heteroatoms. The first-order valence-electron chi connectivity index (χ1n) is 3.23. The number of nitrogens with one attached hydrogen (secondary N) is 1. The molecule has 1 unspecified atom stereocenters. The molecule has 1 N–H and O–H groups in total. The van der Waals surface area contributed by atoms with E-state index in [1.165, 1.54) is 18.5 Å². The van der Waals surface area contributed by atoms with Crippen LogP contribution in [-0.2, 0) is 0 Å². The maximum absolute atomic E-state index is 3.91. The van der Waals surface area contributed by atoms with Crippen LogP contribution in [0.3, 0.4) is 0 Å². The third-order valence-corrected chi connectivity index (χ3v) is 1.53. The second-order valence-electron chi connectivity index (χ2n) is 2.41. The van der Waals surface area contributed by atoms with Crippen molar-refractivity contribution >= 4 is 0 Å². The molecule has 0 saturated carbocycles. The fourth-order valence-electron chi connectivity index (χ4n) is 0.720. The fourth-order valence-corrected chi connectivity index (χ4v) is 0.720. The molecule has 0 bridgehead atoms. The number of rotatable bonds is 3. The van der Waals surface area contributed by atoms with Gasteiger partial charge in [0.15, 0.2) is 0 Å². The minimum absolute atomic E-state index is 0.780. The second-order valence-corrected chi connectivity index (χ2v) is 2.41. The van der Waals surface area contributed by atoms with Crippen molar-refractivity contribution in [1.82, 2.24) is 5.32 Å².